The molecule has 0 heterocycles. The fourth-order valence-corrected chi connectivity index (χ4v) is 2.19. The van der Waals surface area contributed by atoms with Crippen LogP contribution in [0.3, 0.4) is 0 Å². The lowest BCUT2D eigenvalue weighted by atomic mass is 10.1. The maximum atomic E-state index is 13.0. The number of anilines is 1. The average Bonchev–Trinajstić information content (AvgIpc) is 2.55. The van der Waals surface area contributed by atoms with E-state index in [4.69, 9.17) is 4.74 Å². The van der Waals surface area contributed by atoms with Gasteiger partial charge in [-0.25, -0.2) is 0 Å². The molecule has 1 amide bonds. The number of nitro groups is 1. The summed E-state index contributed by atoms with van der Waals surface area (Å²) in [6, 6.07) is 8.68. The van der Waals surface area contributed by atoms with E-state index in [-0.39, 0.29) is 11.4 Å². The third kappa shape index (κ3) is 4.50. The molecule has 0 spiro atoms. The molecular formula is C17H15F3N2O4. The van der Waals surface area contributed by atoms with Crippen molar-refractivity contribution in [2.45, 2.75) is 26.1 Å². The Kier molecular flexibility index (Phi) is 5.49. The summed E-state index contributed by atoms with van der Waals surface area (Å²) >= 11 is 0. The number of hydrogen-bond donors (Lipinski definition) is 1. The molecule has 0 aliphatic heterocycles. The molecule has 2 aromatic rings. The van der Waals surface area contributed by atoms with Crippen LogP contribution in [0.25, 0.3) is 0 Å². The Bertz CT molecular complexity index is 837. The molecule has 6 nitrogen and oxygen atoms in total. The molecule has 2 aromatic carbocycles. The molecule has 0 aliphatic rings. The van der Waals surface area contributed by atoms with Crippen LogP contribution >= 0.6 is 0 Å². The minimum Gasteiger partial charge on any atom is -0.474 e. The summed E-state index contributed by atoms with van der Waals surface area (Å²) < 4.78 is 44.2. The molecule has 0 saturated carbocycles. The molecule has 138 valence electrons. The summed E-state index contributed by atoms with van der Waals surface area (Å²) in [5, 5.41) is 13.2. The van der Waals surface area contributed by atoms with Crippen LogP contribution in [-0.4, -0.2) is 16.9 Å². The van der Waals surface area contributed by atoms with E-state index in [1.807, 2.05) is 0 Å². The Morgan fingerprint density at radius 1 is 1.23 bits per heavy atom. The van der Waals surface area contributed by atoms with Crippen LogP contribution in [0.5, 0.6) is 5.75 Å². The molecule has 0 saturated heterocycles. The second kappa shape index (κ2) is 7.42. The second-order valence-corrected chi connectivity index (χ2v) is 5.52. The van der Waals surface area contributed by atoms with Gasteiger partial charge < -0.3 is 10.1 Å². The maximum Gasteiger partial charge on any atom is 0.418 e. The third-order valence-electron chi connectivity index (χ3n) is 3.47. The van der Waals surface area contributed by atoms with Gasteiger partial charge in [0.1, 0.15) is 0 Å². The summed E-state index contributed by atoms with van der Waals surface area (Å²) in [4.78, 5) is 22.6. The summed E-state index contributed by atoms with van der Waals surface area (Å²) in [5.41, 5.74) is -1.12. The highest BCUT2D eigenvalue weighted by Gasteiger charge is 2.34. The van der Waals surface area contributed by atoms with Crippen LogP contribution in [0.15, 0.2) is 42.5 Å². The van der Waals surface area contributed by atoms with Gasteiger partial charge in [-0.1, -0.05) is 18.2 Å². The summed E-state index contributed by atoms with van der Waals surface area (Å²) in [7, 11) is 0. The van der Waals surface area contributed by atoms with Crippen molar-refractivity contribution in [3.63, 3.8) is 0 Å². The van der Waals surface area contributed by atoms with Gasteiger partial charge in [-0.05, 0) is 37.6 Å². The first kappa shape index (κ1) is 19.2. The number of carbonyl (C=O) groups excluding carboxylic acids is 1. The molecule has 0 fully saturated rings. The Morgan fingerprint density at radius 3 is 2.50 bits per heavy atom. The first-order valence-electron chi connectivity index (χ1n) is 7.48. The van der Waals surface area contributed by atoms with Crippen molar-refractivity contribution < 1.29 is 27.6 Å². The number of rotatable bonds is 5. The number of nitrogens with zero attached hydrogens (tertiary/aromatic N) is 1. The lowest BCUT2D eigenvalue weighted by molar-refractivity contribution is -0.386. The standard InChI is InChI=1S/C17H15F3N2O4/c1-10-7-8-15(14(9-10)22(24)25)26-11(2)16(23)21-13-6-4-3-5-12(13)17(18,19)20/h3-9,11H,1-2H3,(H,21,23)/t11-/m1/s1. The number of hydrogen-bond acceptors (Lipinski definition) is 4. The Balaban J connectivity index is 2.19. The van der Waals surface area contributed by atoms with Crippen LogP contribution < -0.4 is 10.1 Å². The van der Waals surface area contributed by atoms with Crippen LogP contribution in [0.2, 0.25) is 0 Å². The molecule has 26 heavy (non-hydrogen) atoms. The fourth-order valence-electron chi connectivity index (χ4n) is 2.19. The van der Waals surface area contributed by atoms with Gasteiger partial charge in [0.15, 0.2) is 11.9 Å². The lowest BCUT2D eigenvalue weighted by Gasteiger charge is -2.17. The quantitative estimate of drug-likeness (QED) is 0.629. The summed E-state index contributed by atoms with van der Waals surface area (Å²) in [6.45, 7) is 2.94. The van der Waals surface area contributed by atoms with Gasteiger partial charge in [0.2, 0.25) is 0 Å². The minimum atomic E-state index is -4.64. The summed E-state index contributed by atoms with van der Waals surface area (Å²) in [6.07, 6.45) is -5.89. The number of nitrogens with one attached hydrogen (secondary N) is 1. The lowest BCUT2D eigenvalue weighted by Crippen LogP contribution is -2.31. The van der Waals surface area contributed by atoms with E-state index >= 15 is 0 Å². The van der Waals surface area contributed by atoms with Gasteiger partial charge in [0, 0.05) is 6.07 Å². The fraction of sp³-hybridized carbons (Fsp3) is 0.235. The first-order valence-corrected chi connectivity index (χ1v) is 7.48. The van der Waals surface area contributed by atoms with Crippen molar-refractivity contribution in [1.82, 2.24) is 0 Å². The van der Waals surface area contributed by atoms with Gasteiger partial charge >= 0.3 is 11.9 Å². The molecular weight excluding hydrogens is 353 g/mol. The van der Waals surface area contributed by atoms with Gasteiger partial charge in [0.05, 0.1) is 16.2 Å². The minimum absolute atomic E-state index is 0.146. The normalized spacial score (nSPS) is 12.3. The SMILES string of the molecule is Cc1ccc(O[C@H](C)C(=O)Nc2ccccc2C(F)(F)F)c([N+](=O)[O-])c1. The number of halogens is 3. The van der Waals surface area contributed by atoms with E-state index < -0.39 is 34.4 Å². The molecule has 1 N–H and O–H groups in total. The molecule has 2 rings (SSSR count). The number of amides is 1. The number of ether oxygens (including phenoxy) is 1. The molecule has 0 radical (unpaired) electrons. The van der Waals surface area contributed by atoms with Crippen molar-refractivity contribution in [3.05, 3.63) is 63.7 Å². The zero-order valence-electron chi connectivity index (χ0n) is 13.8. The molecule has 0 aromatic heterocycles. The van der Waals surface area contributed by atoms with Crippen molar-refractivity contribution >= 4 is 17.3 Å². The summed E-state index contributed by atoms with van der Waals surface area (Å²) in [5.74, 6) is -1.01. The maximum absolute atomic E-state index is 13.0. The predicted molar refractivity (Wildman–Crippen MR) is 88.0 cm³/mol. The van der Waals surface area contributed by atoms with Crippen molar-refractivity contribution in [3.8, 4) is 5.75 Å². The molecule has 0 unspecified atom stereocenters. The van der Waals surface area contributed by atoms with E-state index in [0.29, 0.717) is 5.56 Å². The van der Waals surface area contributed by atoms with E-state index in [2.05, 4.69) is 5.32 Å². The Hall–Kier alpha value is -3.10. The number of aryl methyl sites for hydroxylation is 1. The average molecular weight is 368 g/mol. The van der Waals surface area contributed by atoms with Gasteiger partial charge in [-0.3, -0.25) is 14.9 Å². The van der Waals surface area contributed by atoms with Gasteiger partial charge in [-0.15, -0.1) is 0 Å². The van der Waals surface area contributed by atoms with Crippen molar-refractivity contribution in [1.29, 1.82) is 0 Å². The Morgan fingerprint density at radius 2 is 1.88 bits per heavy atom. The zero-order valence-corrected chi connectivity index (χ0v) is 13.8. The number of benzene rings is 2. The van der Waals surface area contributed by atoms with Crippen LogP contribution in [0, 0.1) is 17.0 Å². The molecule has 0 bridgehead atoms. The first-order chi connectivity index (χ1) is 12.1. The molecule has 0 aliphatic carbocycles. The van der Waals surface area contributed by atoms with E-state index in [1.54, 1.807) is 13.0 Å². The number of nitro benzene ring substituents is 1. The van der Waals surface area contributed by atoms with Gasteiger partial charge in [0.25, 0.3) is 5.91 Å². The topological polar surface area (TPSA) is 81.5 Å². The largest absolute Gasteiger partial charge is 0.474 e. The number of carbonyl (C=O) groups is 1. The van der Waals surface area contributed by atoms with Crippen LogP contribution in [0.4, 0.5) is 24.5 Å². The highest BCUT2D eigenvalue weighted by atomic mass is 19.4. The highest BCUT2D eigenvalue weighted by Crippen LogP contribution is 2.35. The van der Waals surface area contributed by atoms with E-state index in [9.17, 15) is 28.1 Å². The Labute approximate surface area is 146 Å². The second-order valence-electron chi connectivity index (χ2n) is 5.52. The van der Waals surface area contributed by atoms with Crippen molar-refractivity contribution in [2.75, 3.05) is 5.32 Å². The number of para-hydroxylation sites is 1. The van der Waals surface area contributed by atoms with E-state index in [0.717, 1.165) is 12.1 Å². The smallest absolute Gasteiger partial charge is 0.418 e. The molecule has 9 heteroatoms. The third-order valence-corrected chi connectivity index (χ3v) is 3.47. The van der Waals surface area contributed by atoms with Gasteiger partial charge in [-0.2, -0.15) is 13.2 Å². The highest BCUT2D eigenvalue weighted by molar-refractivity contribution is 5.95. The van der Waals surface area contributed by atoms with Crippen LogP contribution in [0.1, 0.15) is 18.1 Å². The monoisotopic (exact) mass is 368 g/mol. The molecule has 1 atom stereocenters. The predicted octanol–water partition coefficient (Wildman–Crippen LogP) is 4.33. The van der Waals surface area contributed by atoms with E-state index in [1.165, 1.54) is 31.2 Å². The van der Waals surface area contributed by atoms with Crippen molar-refractivity contribution in [2.24, 2.45) is 0 Å². The van der Waals surface area contributed by atoms with Crippen LogP contribution in [-0.2, 0) is 11.0 Å². The number of alkyl halides is 3. The zero-order chi connectivity index (χ0) is 19.5.